The summed E-state index contributed by atoms with van der Waals surface area (Å²) in [5.74, 6) is -0.132. The Balaban J connectivity index is 2.33. The van der Waals surface area contributed by atoms with Crippen molar-refractivity contribution in [3.63, 3.8) is 0 Å². The minimum absolute atomic E-state index is 0.0311. The normalized spacial score (nSPS) is 12.2. The first-order valence-corrected chi connectivity index (χ1v) is 6.08. The number of pyridine rings is 1. The fourth-order valence-corrected chi connectivity index (χ4v) is 2.14. The van der Waals surface area contributed by atoms with Crippen LogP contribution in [0.15, 0.2) is 16.8 Å². The number of anilines is 2. The molecule has 0 saturated carbocycles. The second-order valence-corrected chi connectivity index (χ2v) is 4.57. The zero-order chi connectivity index (χ0) is 14.9. The number of carbonyl (C=O) groups is 1. The molecule has 0 bridgehead atoms. The molecule has 1 unspecified atom stereocenters. The van der Waals surface area contributed by atoms with Crippen molar-refractivity contribution < 1.29 is 14.4 Å². The van der Waals surface area contributed by atoms with E-state index >= 15 is 0 Å². The van der Waals surface area contributed by atoms with Gasteiger partial charge in [0.15, 0.2) is 0 Å². The number of hydrogen-bond donors (Lipinski definition) is 3. The second kappa shape index (κ2) is 5.20. The van der Waals surface area contributed by atoms with Gasteiger partial charge in [0, 0.05) is 5.56 Å². The number of aromatic carboxylic acids is 1. The largest absolute Gasteiger partial charge is 0.478 e. The lowest BCUT2D eigenvalue weighted by Crippen LogP contribution is -2.13. The summed E-state index contributed by atoms with van der Waals surface area (Å²) in [5.41, 5.74) is 7.54. The molecule has 0 saturated heterocycles. The third-order valence-corrected chi connectivity index (χ3v) is 3.01. The Kier molecular flexibility index (Phi) is 3.60. The monoisotopic (exact) mass is 276 g/mol. The van der Waals surface area contributed by atoms with Crippen molar-refractivity contribution in [3.8, 4) is 0 Å². The fourth-order valence-electron chi connectivity index (χ4n) is 2.14. The highest BCUT2D eigenvalue weighted by Gasteiger charge is 2.19. The molecule has 0 spiro atoms. The Morgan fingerprint density at radius 2 is 2.20 bits per heavy atom. The van der Waals surface area contributed by atoms with Gasteiger partial charge in [-0.2, -0.15) is 0 Å². The Morgan fingerprint density at radius 3 is 2.75 bits per heavy atom. The number of hydrogen-bond acceptors (Lipinski definition) is 6. The topological polar surface area (TPSA) is 114 Å². The van der Waals surface area contributed by atoms with Gasteiger partial charge in [0.25, 0.3) is 0 Å². The summed E-state index contributed by atoms with van der Waals surface area (Å²) in [6.45, 7) is 5.52. The molecule has 2 aromatic heterocycles. The first kappa shape index (κ1) is 13.9. The van der Waals surface area contributed by atoms with Crippen LogP contribution in [0, 0.1) is 13.8 Å². The van der Waals surface area contributed by atoms with Gasteiger partial charge in [0.1, 0.15) is 17.1 Å². The lowest BCUT2D eigenvalue weighted by molar-refractivity contribution is 0.0697. The molecule has 106 valence electrons. The maximum absolute atomic E-state index is 11.2. The summed E-state index contributed by atoms with van der Waals surface area (Å²) in [5, 5.41) is 16.1. The molecule has 4 N–H and O–H groups in total. The average Bonchev–Trinajstić information content (AvgIpc) is 2.71. The molecule has 0 aliphatic rings. The smallest absolute Gasteiger partial charge is 0.339 e. The quantitative estimate of drug-likeness (QED) is 0.783. The van der Waals surface area contributed by atoms with E-state index in [-0.39, 0.29) is 17.4 Å². The van der Waals surface area contributed by atoms with Crippen LogP contribution < -0.4 is 11.1 Å². The molecule has 0 aliphatic carbocycles. The number of aryl methyl sites for hydroxylation is 2. The molecule has 1 atom stereocenters. The van der Waals surface area contributed by atoms with Crippen LogP contribution in [-0.4, -0.2) is 21.2 Å². The summed E-state index contributed by atoms with van der Waals surface area (Å²) < 4.78 is 5.10. The highest BCUT2D eigenvalue weighted by atomic mass is 16.5. The van der Waals surface area contributed by atoms with Crippen molar-refractivity contribution in [2.24, 2.45) is 0 Å². The summed E-state index contributed by atoms with van der Waals surface area (Å²) >= 11 is 0. The molecule has 2 aromatic rings. The number of carboxylic acids is 1. The van der Waals surface area contributed by atoms with Crippen LogP contribution in [0.5, 0.6) is 0 Å². The molecule has 7 heteroatoms. The molecule has 0 radical (unpaired) electrons. The SMILES string of the molecule is Cc1noc(C)c1C(C)Nc1ncc(N)cc1C(=O)O. The summed E-state index contributed by atoms with van der Waals surface area (Å²) in [7, 11) is 0. The minimum atomic E-state index is -1.08. The van der Waals surface area contributed by atoms with E-state index in [0.717, 1.165) is 11.3 Å². The Hall–Kier alpha value is -2.57. The predicted octanol–water partition coefficient (Wildman–Crippen LogP) is 2.14. The van der Waals surface area contributed by atoms with Crippen LogP contribution in [0.25, 0.3) is 0 Å². The molecule has 0 fully saturated rings. The van der Waals surface area contributed by atoms with Crippen LogP contribution in [0.1, 0.15) is 40.3 Å². The van der Waals surface area contributed by atoms with E-state index in [2.05, 4.69) is 15.5 Å². The number of rotatable bonds is 4. The second-order valence-electron chi connectivity index (χ2n) is 4.57. The van der Waals surface area contributed by atoms with E-state index in [1.54, 1.807) is 0 Å². The van der Waals surface area contributed by atoms with Gasteiger partial charge in [-0.05, 0) is 26.8 Å². The van der Waals surface area contributed by atoms with Crippen molar-refractivity contribution in [1.29, 1.82) is 0 Å². The molecular weight excluding hydrogens is 260 g/mol. The van der Waals surface area contributed by atoms with Gasteiger partial charge < -0.3 is 20.7 Å². The van der Waals surface area contributed by atoms with Crippen LogP contribution in [-0.2, 0) is 0 Å². The lowest BCUT2D eigenvalue weighted by atomic mass is 10.1. The third-order valence-electron chi connectivity index (χ3n) is 3.01. The van der Waals surface area contributed by atoms with Gasteiger partial charge in [-0.1, -0.05) is 5.16 Å². The highest BCUT2D eigenvalue weighted by molar-refractivity contribution is 5.94. The predicted molar refractivity (Wildman–Crippen MR) is 73.6 cm³/mol. The zero-order valence-corrected chi connectivity index (χ0v) is 11.5. The molecule has 20 heavy (non-hydrogen) atoms. The molecule has 0 amide bonds. The van der Waals surface area contributed by atoms with E-state index < -0.39 is 5.97 Å². The highest BCUT2D eigenvalue weighted by Crippen LogP contribution is 2.26. The zero-order valence-electron chi connectivity index (χ0n) is 11.5. The molecule has 2 rings (SSSR count). The Morgan fingerprint density at radius 1 is 1.50 bits per heavy atom. The van der Waals surface area contributed by atoms with Gasteiger partial charge in [-0.3, -0.25) is 0 Å². The molecule has 0 aliphatic heterocycles. The first-order valence-electron chi connectivity index (χ1n) is 6.08. The number of aromatic nitrogens is 2. The number of carboxylic acid groups (broad SMARTS) is 1. The van der Waals surface area contributed by atoms with Crippen LogP contribution in [0.2, 0.25) is 0 Å². The number of nitrogens with two attached hydrogens (primary N) is 1. The van der Waals surface area contributed by atoms with Gasteiger partial charge in [-0.25, -0.2) is 9.78 Å². The van der Waals surface area contributed by atoms with Crippen molar-refractivity contribution >= 4 is 17.5 Å². The van der Waals surface area contributed by atoms with Crippen LogP contribution >= 0.6 is 0 Å². The fraction of sp³-hybridized carbons (Fsp3) is 0.308. The molecule has 2 heterocycles. The summed E-state index contributed by atoms with van der Waals surface area (Å²) in [6, 6.07) is 1.19. The van der Waals surface area contributed by atoms with Gasteiger partial charge >= 0.3 is 5.97 Å². The van der Waals surface area contributed by atoms with Crippen LogP contribution in [0.3, 0.4) is 0 Å². The van der Waals surface area contributed by atoms with Gasteiger partial charge in [0.05, 0.1) is 23.6 Å². The summed E-state index contributed by atoms with van der Waals surface area (Å²) in [6.07, 6.45) is 1.41. The van der Waals surface area contributed by atoms with E-state index in [9.17, 15) is 9.90 Å². The van der Waals surface area contributed by atoms with Crippen molar-refractivity contribution in [3.05, 3.63) is 34.8 Å². The molecule has 7 nitrogen and oxygen atoms in total. The van der Waals surface area contributed by atoms with Gasteiger partial charge in [0.2, 0.25) is 0 Å². The van der Waals surface area contributed by atoms with E-state index in [4.69, 9.17) is 10.3 Å². The van der Waals surface area contributed by atoms with E-state index in [1.165, 1.54) is 12.3 Å². The maximum atomic E-state index is 11.2. The molecular formula is C13H16N4O3. The first-order chi connectivity index (χ1) is 9.40. The number of nitrogen functional groups attached to an aromatic ring is 1. The lowest BCUT2D eigenvalue weighted by Gasteiger charge is -2.16. The van der Waals surface area contributed by atoms with E-state index in [0.29, 0.717) is 11.4 Å². The van der Waals surface area contributed by atoms with E-state index in [1.807, 2.05) is 20.8 Å². The molecule has 0 aromatic carbocycles. The van der Waals surface area contributed by atoms with Crippen molar-refractivity contribution in [1.82, 2.24) is 10.1 Å². The Bertz CT molecular complexity index is 632. The number of nitrogens with zero attached hydrogens (tertiary/aromatic N) is 2. The van der Waals surface area contributed by atoms with Crippen LogP contribution in [0.4, 0.5) is 11.5 Å². The number of nitrogens with one attached hydrogen (secondary N) is 1. The Labute approximate surface area is 115 Å². The third kappa shape index (κ3) is 2.56. The average molecular weight is 276 g/mol. The van der Waals surface area contributed by atoms with Crippen molar-refractivity contribution in [2.45, 2.75) is 26.8 Å². The standard InChI is InChI=1S/C13H16N4O3/c1-6(11-7(2)17-20-8(11)3)16-12-10(13(18)19)4-9(14)5-15-12/h4-6H,14H2,1-3H3,(H,15,16)(H,18,19). The maximum Gasteiger partial charge on any atom is 0.339 e. The van der Waals surface area contributed by atoms with Crippen molar-refractivity contribution in [2.75, 3.05) is 11.1 Å². The minimum Gasteiger partial charge on any atom is -0.478 e. The summed E-state index contributed by atoms with van der Waals surface area (Å²) in [4.78, 5) is 15.3. The van der Waals surface area contributed by atoms with Gasteiger partial charge in [-0.15, -0.1) is 0 Å².